The van der Waals surface area contributed by atoms with Gasteiger partial charge in [0.2, 0.25) is 0 Å². The van der Waals surface area contributed by atoms with Gasteiger partial charge in [-0.3, -0.25) is 4.21 Å². The summed E-state index contributed by atoms with van der Waals surface area (Å²) in [7, 11) is -0.994. The molecule has 2 rings (SSSR count). The lowest BCUT2D eigenvalue weighted by Gasteiger charge is -2.18. The highest BCUT2D eigenvalue weighted by molar-refractivity contribution is 7.85. The van der Waals surface area contributed by atoms with E-state index < -0.39 is 10.8 Å². The summed E-state index contributed by atoms with van der Waals surface area (Å²) in [6.07, 6.45) is 0. The SMILES string of the molecule is CCNC(CS(=O)c1cccc(C)c1)c1ccc(C)cc1. The maximum absolute atomic E-state index is 12.6. The summed E-state index contributed by atoms with van der Waals surface area (Å²) in [5.41, 5.74) is 3.59. The zero-order valence-electron chi connectivity index (χ0n) is 12.9. The molecule has 0 aliphatic rings. The second kappa shape index (κ2) is 7.53. The number of rotatable bonds is 6. The molecule has 2 atom stereocenters. The van der Waals surface area contributed by atoms with Gasteiger partial charge in [-0.05, 0) is 43.7 Å². The van der Waals surface area contributed by atoms with E-state index in [1.165, 1.54) is 11.1 Å². The lowest BCUT2D eigenvalue weighted by molar-refractivity contribution is 0.594. The first kappa shape index (κ1) is 15.9. The third kappa shape index (κ3) is 4.51. The molecule has 0 heterocycles. The predicted molar refractivity (Wildman–Crippen MR) is 90.1 cm³/mol. The largest absolute Gasteiger partial charge is 0.309 e. The maximum Gasteiger partial charge on any atom is 0.0548 e. The van der Waals surface area contributed by atoms with Gasteiger partial charge in [0.25, 0.3) is 0 Å². The number of aryl methyl sites for hydroxylation is 2. The van der Waals surface area contributed by atoms with Crippen LogP contribution in [0.1, 0.15) is 29.7 Å². The topological polar surface area (TPSA) is 29.1 Å². The highest BCUT2D eigenvalue weighted by Gasteiger charge is 2.15. The highest BCUT2D eigenvalue weighted by atomic mass is 32.2. The van der Waals surface area contributed by atoms with Gasteiger partial charge in [-0.1, -0.05) is 48.9 Å². The fourth-order valence-corrected chi connectivity index (χ4v) is 3.68. The van der Waals surface area contributed by atoms with Crippen LogP contribution >= 0.6 is 0 Å². The molecule has 0 saturated heterocycles. The van der Waals surface area contributed by atoms with Crippen molar-refractivity contribution in [1.82, 2.24) is 5.32 Å². The molecule has 0 aliphatic heterocycles. The molecule has 2 nitrogen and oxygen atoms in total. The Labute approximate surface area is 130 Å². The summed E-state index contributed by atoms with van der Waals surface area (Å²) in [5, 5.41) is 3.44. The molecule has 0 aliphatic carbocycles. The Balaban J connectivity index is 2.16. The van der Waals surface area contributed by atoms with Crippen molar-refractivity contribution in [2.75, 3.05) is 12.3 Å². The monoisotopic (exact) mass is 301 g/mol. The van der Waals surface area contributed by atoms with E-state index in [1.807, 2.05) is 31.2 Å². The van der Waals surface area contributed by atoms with Crippen LogP contribution in [0.25, 0.3) is 0 Å². The van der Waals surface area contributed by atoms with Crippen molar-refractivity contribution in [3.05, 3.63) is 65.2 Å². The number of nitrogens with one attached hydrogen (secondary N) is 1. The normalized spacial score (nSPS) is 13.9. The van der Waals surface area contributed by atoms with Crippen LogP contribution in [0.3, 0.4) is 0 Å². The summed E-state index contributed by atoms with van der Waals surface area (Å²) < 4.78 is 12.6. The quantitative estimate of drug-likeness (QED) is 0.880. The van der Waals surface area contributed by atoms with E-state index in [1.54, 1.807) is 0 Å². The average Bonchev–Trinajstić information content (AvgIpc) is 2.47. The van der Waals surface area contributed by atoms with Crippen molar-refractivity contribution in [1.29, 1.82) is 0 Å². The van der Waals surface area contributed by atoms with Gasteiger partial charge >= 0.3 is 0 Å². The van der Waals surface area contributed by atoms with Gasteiger partial charge in [0.15, 0.2) is 0 Å². The Bertz CT molecular complexity index is 607. The number of hydrogen-bond acceptors (Lipinski definition) is 2. The van der Waals surface area contributed by atoms with Crippen molar-refractivity contribution >= 4 is 10.8 Å². The molecule has 0 aromatic heterocycles. The van der Waals surface area contributed by atoms with Crippen molar-refractivity contribution in [2.24, 2.45) is 0 Å². The predicted octanol–water partition coefficient (Wildman–Crippen LogP) is 3.76. The van der Waals surface area contributed by atoms with E-state index in [9.17, 15) is 4.21 Å². The first-order valence-electron chi connectivity index (χ1n) is 7.35. The molecule has 1 N–H and O–H groups in total. The molecule has 0 fully saturated rings. The van der Waals surface area contributed by atoms with Crippen molar-refractivity contribution in [3.8, 4) is 0 Å². The molecule has 2 aromatic rings. The van der Waals surface area contributed by atoms with Crippen LogP contribution in [0.2, 0.25) is 0 Å². The number of hydrogen-bond donors (Lipinski definition) is 1. The molecular formula is C18H23NOS. The molecule has 112 valence electrons. The van der Waals surface area contributed by atoms with E-state index in [4.69, 9.17) is 0 Å². The Kier molecular flexibility index (Phi) is 5.71. The minimum atomic E-state index is -0.994. The molecule has 0 amide bonds. The Morgan fingerprint density at radius 1 is 1.05 bits per heavy atom. The molecule has 21 heavy (non-hydrogen) atoms. The van der Waals surface area contributed by atoms with Gasteiger partial charge in [0, 0.05) is 16.7 Å². The summed E-state index contributed by atoms with van der Waals surface area (Å²) >= 11 is 0. The molecule has 0 saturated carbocycles. The third-order valence-electron chi connectivity index (χ3n) is 3.50. The van der Waals surface area contributed by atoms with Crippen LogP contribution in [-0.4, -0.2) is 16.5 Å². The fourth-order valence-electron chi connectivity index (χ4n) is 2.32. The van der Waals surface area contributed by atoms with E-state index in [-0.39, 0.29) is 6.04 Å². The van der Waals surface area contributed by atoms with Gasteiger partial charge in [0.05, 0.1) is 10.8 Å². The van der Waals surface area contributed by atoms with Gasteiger partial charge in [-0.15, -0.1) is 0 Å². The summed E-state index contributed by atoms with van der Waals surface area (Å²) in [5.74, 6) is 0.598. The van der Waals surface area contributed by atoms with Crippen molar-refractivity contribution in [3.63, 3.8) is 0 Å². The fraction of sp³-hybridized carbons (Fsp3) is 0.333. The second-order valence-electron chi connectivity index (χ2n) is 5.35. The van der Waals surface area contributed by atoms with E-state index >= 15 is 0 Å². The summed E-state index contributed by atoms with van der Waals surface area (Å²) in [6, 6.07) is 16.5. The Morgan fingerprint density at radius 3 is 2.38 bits per heavy atom. The van der Waals surface area contributed by atoms with Crippen LogP contribution < -0.4 is 5.32 Å². The van der Waals surface area contributed by atoms with Crippen LogP contribution in [0.5, 0.6) is 0 Å². The summed E-state index contributed by atoms with van der Waals surface area (Å²) in [6.45, 7) is 7.06. The highest BCUT2D eigenvalue weighted by Crippen LogP contribution is 2.18. The second-order valence-corrected chi connectivity index (χ2v) is 6.85. The molecule has 3 heteroatoms. The van der Waals surface area contributed by atoms with Crippen LogP contribution in [0.4, 0.5) is 0 Å². The molecular weight excluding hydrogens is 278 g/mol. The van der Waals surface area contributed by atoms with E-state index in [2.05, 4.69) is 43.4 Å². The van der Waals surface area contributed by atoms with Gasteiger partial charge in [-0.2, -0.15) is 0 Å². The van der Waals surface area contributed by atoms with Crippen molar-refractivity contribution in [2.45, 2.75) is 31.7 Å². The van der Waals surface area contributed by atoms with Crippen LogP contribution in [0, 0.1) is 13.8 Å². The number of benzene rings is 2. The van der Waals surface area contributed by atoms with Gasteiger partial charge in [-0.25, -0.2) is 0 Å². The zero-order chi connectivity index (χ0) is 15.2. The minimum Gasteiger partial charge on any atom is -0.309 e. The molecule has 0 radical (unpaired) electrons. The zero-order valence-corrected chi connectivity index (χ0v) is 13.7. The first-order chi connectivity index (χ1) is 10.1. The smallest absolute Gasteiger partial charge is 0.0548 e. The van der Waals surface area contributed by atoms with E-state index in [0.29, 0.717) is 5.75 Å². The van der Waals surface area contributed by atoms with Crippen molar-refractivity contribution < 1.29 is 4.21 Å². The molecule has 2 aromatic carbocycles. The maximum atomic E-state index is 12.6. The Morgan fingerprint density at radius 2 is 1.76 bits per heavy atom. The van der Waals surface area contributed by atoms with Crippen LogP contribution in [0.15, 0.2) is 53.4 Å². The third-order valence-corrected chi connectivity index (χ3v) is 4.92. The van der Waals surface area contributed by atoms with Gasteiger partial charge < -0.3 is 5.32 Å². The molecule has 0 bridgehead atoms. The molecule has 2 unspecified atom stereocenters. The average molecular weight is 301 g/mol. The lowest BCUT2D eigenvalue weighted by atomic mass is 10.1. The Hall–Kier alpha value is -1.45. The minimum absolute atomic E-state index is 0.122. The van der Waals surface area contributed by atoms with E-state index in [0.717, 1.165) is 17.0 Å². The standard InChI is InChI=1S/C18H23NOS/c1-4-19-18(16-10-8-14(2)9-11-16)13-21(20)17-7-5-6-15(3)12-17/h5-12,18-19H,4,13H2,1-3H3. The van der Waals surface area contributed by atoms with Crippen LogP contribution in [-0.2, 0) is 10.8 Å². The molecule has 0 spiro atoms. The lowest BCUT2D eigenvalue weighted by Crippen LogP contribution is -2.26. The van der Waals surface area contributed by atoms with Gasteiger partial charge in [0.1, 0.15) is 0 Å². The first-order valence-corrected chi connectivity index (χ1v) is 8.67. The summed E-state index contributed by atoms with van der Waals surface area (Å²) in [4.78, 5) is 0.907.